The summed E-state index contributed by atoms with van der Waals surface area (Å²) >= 11 is 0. The van der Waals surface area contributed by atoms with Gasteiger partial charge >= 0.3 is 34.1 Å². The molecule has 103 heavy (non-hydrogen) atoms. The van der Waals surface area contributed by atoms with Gasteiger partial charge in [0.2, 0.25) is 11.4 Å². The van der Waals surface area contributed by atoms with E-state index >= 15 is 0 Å². The van der Waals surface area contributed by atoms with Crippen LogP contribution in [0, 0.1) is 81.4 Å². The van der Waals surface area contributed by atoms with E-state index in [1.807, 2.05) is 49.5 Å². The molecule has 5 fully saturated rings. The van der Waals surface area contributed by atoms with Crippen LogP contribution < -0.4 is 56.4 Å². The fourth-order valence-corrected chi connectivity index (χ4v) is 11.1. The zero-order chi connectivity index (χ0) is 78.0. The number of H-pyrrole nitrogens is 5. The monoisotopic (exact) mass is 1460 g/mol. The summed E-state index contributed by atoms with van der Waals surface area (Å²) in [6, 6.07) is 2.26. The van der Waals surface area contributed by atoms with Gasteiger partial charge in [0.05, 0.1) is 36.7 Å². The summed E-state index contributed by atoms with van der Waals surface area (Å²) in [5.41, 5.74) is -19.6. The highest BCUT2D eigenvalue weighted by molar-refractivity contribution is 5.25. The number of nitrogens with one attached hydrogen (secondary N) is 5. The first-order valence-corrected chi connectivity index (χ1v) is 29.9. The molecule has 0 spiro atoms. The van der Waals surface area contributed by atoms with E-state index < -0.39 is 213 Å². The van der Waals surface area contributed by atoms with Gasteiger partial charge in [-0.1, -0.05) is 29.6 Å². The number of aromatic amines is 5. The molecule has 25 atom stereocenters. The number of aliphatic hydroxyl groups excluding tert-OH is 10. The van der Waals surface area contributed by atoms with E-state index in [4.69, 9.17) is 55.8 Å². The molecule has 10 rings (SSSR count). The highest BCUT2D eigenvalue weighted by Crippen LogP contribution is 2.43. The van der Waals surface area contributed by atoms with Crippen LogP contribution in [0.25, 0.3) is 0 Å². The summed E-state index contributed by atoms with van der Waals surface area (Å²) in [4.78, 5) is 127. The van der Waals surface area contributed by atoms with Gasteiger partial charge in [-0.05, 0) is 48.5 Å². The maximum Gasteiger partial charge on any atom is 0.350 e. The van der Waals surface area contributed by atoms with Gasteiger partial charge in [-0.2, -0.15) is 19.2 Å². The molecule has 5 aromatic rings. The Kier molecular flexibility index (Phi) is 25.1. The number of halogens is 1. The summed E-state index contributed by atoms with van der Waals surface area (Å²) in [7, 11) is 0. The van der Waals surface area contributed by atoms with Crippen LogP contribution in [0.4, 0.5) is 4.39 Å². The fourth-order valence-electron chi connectivity index (χ4n) is 11.1. The van der Waals surface area contributed by atoms with E-state index in [0.717, 1.165) is 38.4 Å². The molecule has 42 nitrogen and oxygen atoms in total. The maximum atomic E-state index is 13.3. The average Bonchev–Trinajstić information content (AvgIpc) is 1.65. The van der Waals surface area contributed by atoms with E-state index in [9.17, 15) is 129 Å². The van der Waals surface area contributed by atoms with Crippen LogP contribution in [0.3, 0.4) is 0 Å². The Morgan fingerprint density at radius 2 is 0.748 bits per heavy atom. The zero-order valence-corrected chi connectivity index (χ0v) is 54.7. The average molecular weight is 1460 g/mol. The number of ether oxygens (including phenoxy) is 5. The predicted molar refractivity (Wildman–Crippen MR) is 339 cm³/mol. The Hall–Kier alpha value is -9.81. The Labute approximate surface area is 574 Å². The van der Waals surface area contributed by atoms with Gasteiger partial charge in [0.1, 0.15) is 73.6 Å². The molecular weight excluding hydrogens is 1390 g/mol. The molecule has 5 aromatic heterocycles. The Morgan fingerprint density at radius 3 is 1.07 bits per heavy atom. The van der Waals surface area contributed by atoms with Crippen molar-refractivity contribution in [2.24, 2.45) is 0 Å². The molecule has 0 radical (unpaired) electrons. The minimum absolute atomic E-state index is 0.195. The smallest absolute Gasteiger partial charge is 0.350 e. The summed E-state index contributed by atoms with van der Waals surface area (Å²) in [5, 5.41) is 153. The zero-order valence-electron chi connectivity index (χ0n) is 54.7. The second-order valence-electron chi connectivity index (χ2n) is 23.9. The molecule has 0 amide bonds. The van der Waals surface area contributed by atoms with Crippen molar-refractivity contribution in [1.29, 1.82) is 0 Å². The fraction of sp³-hybridized carbons (Fsp3) is 0.533. The molecule has 5 saturated heterocycles. The van der Waals surface area contributed by atoms with Crippen molar-refractivity contribution in [3.8, 4) is 61.7 Å². The van der Waals surface area contributed by atoms with Crippen LogP contribution in [0.5, 0.6) is 0 Å². The van der Waals surface area contributed by atoms with Crippen LogP contribution >= 0.6 is 0 Å². The van der Waals surface area contributed by atoms with Gasteiger partial charge in [-0.25, -0.2) is 28.8 Å². The van der Waals surface area contributed by atoms with Crippen molar-refractivity contribution in [2.45, 2.75) is 199 Å². The van der Waals surface area contributed by atoms with Gasteiger partial charge < -0.3 is 100 Å². The standard InChI is InChI=1S/2C13H16N2O6.C12H13FN2O6.2C11H13N3O6/c2*1-4-13(20)10(18)9(7(3)16)21-11(13)15-6(2)5-8(17)14-12(15)19;1-3-12(20)8(17)7(5(2)16)21-10(12)15-4-6(13)9(18)14-11(15)19;1-3-11(19)7(16)6(5(2)15)20-8(11)14-4-12-9(17)13-10(14)18;1-3-11(19)8(17)7(5(2)15)20-9(11)14-10(18)13-6(16)4-12-14/h2*1,5,7,9-11,16,18,20H,2-3H3,(H,14,17,19);1,4-5,7-8,10,16-17,20H,2H3,(H,14,18,19);1,4-8,15-16,19H,2H3,(H,13,17,18);1,4-5,7-9,15,17,19H,2H3,(H,13,16,18)/t7-,9+,10-,11+,13?;7-,9-,10+,11-,13?;5-,7-,8+,10-,12?;5-,6-,7+,8-,11?;5-,7-,8+,9-,11?/m01111/s1. The third kappa shape index (κ3) is 15.6. The number of aromatic nitrogens is 12. The summed E-state index contributed by atoms with van der Waals surface area (Å²) < 4.78 is 43.5. The van der Waals surface area contributed by atoms with Gasteiger partial charge in [0, 0.05) is 23.5 Å². The van der Waals surface area contributed by atoms with Crippen LogP contribution in [0.1, 0.15) is 77.1 Å². The lowest BCUT2D eigenvalue weighted by Gasteiger charge is -2.27. The van der Waals surface area contributed by atoms with E-state index in [0.29, 0.717) is 15.4 Å². The van der Waals surface area contributed by atoms with E-state index in [1.165, 1.54) is 48.5 Å². The number of aliphatic hydroxyl groups is 15. The molecule has 5 aliphatic rings. The largest absolute Gasteiger partial charge is 0.391 e. The predicted octanol–water partition coefficient (Wildman–Crippen LogP) is -12.8. The third-order valence-corrected chi connectivity index (χ3v) is 16.6. The number of aryl methyl sites for hydroxylation is 2. The van der Waals surface area contributed by atoms with Crippen molar-refractivity contribution in [2.75, 3.05) is 0 Å². The molecule has 20 N–H and O–H groups in total. The Bertz CT molecular complexity index is 4570. The number of hydrogen-bond acceptors (Lipinski definition) is 32. The lowest BCUT2D eigenvalue weighted by atomic mass is 9.93. The van der Waals surface area contributed by atoms with E-state index in [2.05, 4.69) is 10.1 Å². The molecule has 0 aromatic carbocycles. The number of terminal acetylenes is 5. The minimum Gasteiger partial charge on any atom is -0.391 e. The first kappa shape index (κ1) is 82.1. The Balaban J connectivity index is 0.000000202. The molecule has 0 bridgehead atoms. The van der Waals surface area contributed by atoms with E-state index in [1.54, 1.807) is 4.98 Å². The SMILES string of the molecule is C#CC1(O)[C@@H](O)[C@@H]([C@@H](C)O)O[C@H]1n1c(C)cc(=O)[nH]c1=O.C#CC1(O)[C@@H](O)[C@@H]([C@@H](C)O)O[C@H]1n1cc(F)c(=O)[nH]c1=O.C#CC1(O)[C@@H](O)[C@@H]([C@@H](C)O)O[C@H]1n1cnc(=O)[nH]c1=O.C#CC1(O)[C@@H](O)[C@@H]([C@@H](C)O)O[C@H]1n1ncc(=O)[nH]c1=O.C#CC1(O)[C@@H](O)[C@@H]([C@H](C)O)O[C@H]1n1c(C)cc(=O)[nH]c1=O. The number of rotatable bonds is 10. The second kappa shape index (κ2) is 31.4. The highest BCUT2D eigenvalue weighted by atomic mass is 19.1. The van der Waals surface area contributed by atoms with Crippen LogP contribution in [-0.2, 0) is 23.7 Å². The van der Waals surface area contributed by atoms with Crippen LogP contribution in [-0.4, -0.2) is 254 Å². The van der Waals surface area contributed by atoms with E-state index in [-0.39, 0.29) is 11.4 Å². The summed E-state index contributed by atoms with van der Waals surface area (Å²) in [5.74, 6) is 8.50. The lowest BCUT2D eigenvalue weighted by Crippen LogP contribution is -2.49. The van der Waals surface area contributed by atoms with Crippen molar-refractivity contribution < 1.29 is 105 Å². The summed E-state index contributed by atoms with van der Waals surface area (Å²) in [6.45, 7) is 9.57. The first-order chi connectivity index (χ1) is 47.8. The molecule has 43 heteroatoms. The van der Waals surface area contributed by atoms with Crippen molar-refractivity contribution in [3.63, 3.8) is 0 Å². The minimum atomic E-state index is -2.38. The summed E-state index contributed by atoms with van der Waals surface area (Å²) in [6.07, 6.45) is 0.764. The van der Waals surface area contributed by atoms with Crippen LogP contribution in [0.15, 0.2) is 78.8 Å². The van der Waals surface area contributed by atoms with Gasteiger partial charge in [-0.15, -0.1) is 32.1 Å². The highest BCUT2D eigenvalue weighted by Gasteiger charge is 2.62. The quantitative estimate of drug-likeness (QED) is 0.0577. The third-order valence-electron chi connectivity index (χ3n) is 16.6. The molecule has 10 heterocycles. The van der Waals surface area contributed by atoms with Gasteiger partial charge in [-0.3, -0.25) is 62.4 Å². The van der Waals surface area contributed by atoms with Crippen LogP contribution in [0.2, 0.25) is 0 Å². The van der Waals surface area contributed by atoms with Crippen molar-refractivity contribution in [3.05, 3.63) is 152 Å². The number of hydrogen-bond donors (Lipinski definition) is 20. The Morgan fingerprint density at radius 1 is 0.447 bits per heavy atom. The topological polar surface area (TPSA) is 650 Å². The van der Waals surface area contributed by atoms with Crippen molar-refractivity contribution >= 4 is 0 Å². The molecule has 5 aliphatic heterocycles. The maximum absolute atomic E-state index is 13.3. The molecular formula is C60H71FN12O30. The van der Waals surface area contributed by atoms with Gasteiger partial charge in [0.15, 0.2) is 53.5 Å². The molecule has 0 aliphatic carbocycles. The second-order valence-corrected chi connectivity index (χ2v) is 23.9. The van der Waals surface area contributed by atoms with Gasteiger partial charge in [0.25, 0.3) is 22.2 Å². The molecule has 0 saturated carbocycles. The molecule has 5 unspecified atom stereocenters. The number of nitrogens with zero attached hydrogens (tertiary/aromatic N) is 7. The molecule has 558 valence electrons. The normalized spacial score (nSPS) is 34.0. The lowest BCUT2D eigenvalue weighted by molar-refractivity contribution is -0.0947. The van der Waals surface area contributed by atoms with Crippen molar-refractivity contribution in [1.82, 2.24) is 58.0 Å². The first-order valence-electron chi connectivity index (χ1n) is 29.9.